The first-order chi connectivity index (χ1) is 16.0. The number of carbonyl (C=O) groups excluding carboxylic acids is 2. The Morgan fingerprint density at radius 2 is 1.97 bits per heavy atom. The molecule has 1 fully saturated rings. The quantitative estimate of drug-likeness (QED) is 0.492. The van der Waals surface area contributed by atoms with Crippen molar-refractivity contribution in [1.82, 2.24) is 25.8 Å². The molecule has 1 saturated heterocycles. The molecule has 3 aliphatic rings. The Morgan fingerprint density at radius 3 is 2.79 bits per heavy atom. The van der Waals surface area contributed by atoms with Gasteiger partial charge in [-0.15, -0.1) is 0 Å². The Kier molecular flexibility index (Phi) is 6.83. The summed E-state index contributed by atoms with van der Waals surface area (Å²) in [6.07, 6.45) is 4.65. The number of benzene rings is 1. The highest BCUT2D eigenvalue weighted by Crippen LogP contribution is 2.28. The van der Waals surface area contributed by atoms with Crippen LogP contribution in [-0.4, -0.2) is 75.0 Å². The minimum absolute atomic E-state index is 0.0841. The van der Waals surface area contributed by atoms with Crippen LogP contribution in [0.2, 0.25) is 0 Å². The maximum atomic E-state index is 12.7. The summed E-state index contributed by atoms with van der Waals surface area (Å²) in [5, 5.41) is 12.7. The van der Waals surface area contributed by atoms with Crippen LogP contribution in [0.3, 0.4) is 0 Å². The zero-order valence-electron chi connectivity index (χ0n) is 19.3. The predicted molar refractivity (Wildman–Crippen MR) is 126 cm³/mol. The van der Waals surface area contributed by atoms with Gasteiger partial charge in [0.15, 0.2) is 6.17 Å². The first-order valence-electron chi connectivity index (χ1n) is 11.1. The first-order valence-corrected chi connectivity index (χ1v) is 11.1. The largest absolute Gasteiger partial charge is 0.496 e. The average Bonchev–Trinajstić information content (AvgIpc) is 3.12. The zero-order valence-corrected chi connectivity index (χ0v) is 19.3. The Hall–Kier alpha value is -3.53. The molecule has 0 radical (unpaired) electrons. The number of methoxy groups -OCH3 is 1. The molecule has 0 spiro atoms. The lowest BCUT2D eigenvalue weighted by Crippen LogP contribution is -2.37. The molecule has 3 aliphatic heterocycles. The molecule has 1 unspecified atom stereocenters. The molecular formula is C23H31N7O3. The summed E-state index contributed by atoms with van der Waals surface area (Å²) >= 11 is 0. The second-order valence-electron chi connectivity index (χ2n) is 8.44. The smallest absolute Gasteiger partial charge is 0.255 e. The topological polar surface area (TPSA) is 110 Å². The van der Waals surface area contributed by atoms with E-state index in [4.69, 9.17) is 4.74 Å². The number of hydrogen-bond acceptors (Lipinski definition) is 8. The Bertz CT molecular complexity index is 1020. The number of likely N-dealkylation sites (N-methyl/N-ethyl adjacent to an activating group) is 2. The predicted octanol–water partition coefficient (Wildman–Crippen LogP) is 0.564. The normalized spacial score (nSPS) is 23.8. The molecule has 1 atom stereocenters. The lowest BCUT2D eigenvalue weighted by molar-refractivity contribution is -0.131. The van der Waals surface area contributed by atoms with Gasteiger partial charge in [0.2, 0.25) is 5.91 Å². The van der Waals surface area contributed by atoms with Gasteiger partial charge in [-0.2, -0.15) is 0 Å². The number of aliphatic imine (C=N–C) groups is 1. The van der Waals surface area contributed by atoms with Crippen molar-refractivity contribution >= 4 is 23.8 Å². The average molecular weight is 454 g/mol. The number of amides is 2. The van der Waals surface area contributed by atoms with E-state index in [1.54, 1.807) is 24.5 Å². The number of fused-ring (bicyclic) bond motifs is 2. The summed E-state index contributed by atoms with van der Waals surface area (Å²) in [6, 6.07) is 5.75. The van der Waals surface area contributed by atoms with Crippen molar-refractivity contribution in [3.05, 3.63) is 46.9 Å². The number of carbonyl (C=O) groups is 2. The van der Waals surface area contributed by atoms with Gasteiger partial charge in [0.25, 0.3) is 5.91 Å². The second kappa shape index (κ2) is 9.95. The van der Waals surface area contributed by atoms with Crippen molar-refractivity contribution < 1.29 is 14.3 Å². The SMILES string of the molecule is COc1ccc2cc1CN(C)CC(=O)N(C)CCCCNC1=C3/C(=C/N2)C(=O)NC3N=CN1. The number of ether oxygens (including phenoxy) is 1. The maximum Gasteiger partial charge on any atom is 0.255 e. The van der Waals surface area contributed by atoms with E-state index in [-0.39, 0.29) is 11.8 Å². The van der Waals surface area contributed by atoms with Gasteiger partial charge in [-0.1, -0.05) is 0 Å². The van der Waals surface area contributed by atoms with Crippen LogP contribution >= 0.6 is 0 Å². The molecule has 3 heterocycles. The molecule has 1 aromatic rings. The van der Waals surface area contributed by atoms with E-state index in [2.05, 4.69) is 26.3 Å². The fourth-order valence-electron chi connectivity index (χ4n) is 4.13. The van der Waals surface area contributed by atoms with Gasteiger partial charge >= 0.3 is 0 Å². The van der Waals surface area contributed by atoms with Gasteiger partial charge in [0.1, 0.15) is 11.6 Å². The van der Waals surface area contributed by atoms with E-state index in [0.717, 1.165) is 41.2 Å². The van der Waals surface area contributed by atoms with Crippen LogP contribution in [0.1, 0.15) is 18.4 Å². The molecule has 1 aromatic carbocycles. The van der Waals surface area contributed by atoms with Crippen LogP contribution in [-0.2, 0) is 16.1 Å². The fraction of sp³-hybridized carbons (Fsp3) is 0.435. The molecule has 33 heavy (non-hydrogen) atoms. The highest BCUT2D eigenvalue weighted by Gasteiger charge is 2.36. The van der Waals surface area contributed by atoms with Crippen molar-refractivity contribution in [1.29, 1.82) is 0 Å². The summed E-state index contributed by atoms with van der Waals surface area (Å²) in [5.41, 5.74) is 3.08. The maximum absolute atomic E-state index is 12.7. The molecule has 0 saturated carbocycles. The molecule has 176 valence electrons. The number of nitrogens with zero attached hydrogens (tertiary/aromatic N) is 3. The highest BCUT2D eigenvalue weighted by atomic mass is 16.5. The first kappa shape index (κ1) is 22.7. The van der Waals surface area contributed by atoms with E-state index in [1.165, 1.54) is 0 Å². The minimum Gasteiger partial charge on any atom is -0.496 e. The van der Waals surface area contributed by atoms with Crippen LogP contribution in [0, 0.1) is 0 Å². The molecule has 4 N–H and O–H groups in total. The van der Waals surface area contributed by atoms with Gasteiger partial charge in [0, 0.05) is 44.1 Å². The summed E-state index contributed by atoms with van der Waals surface area (Å²) in [7, 11) is 5.39. The third kappa shape index (κ3) is 5.11. The van der Waals surface area contributed by atoms with Crippen molar-refractivity contribution in [2.24, 2.45) is 4.99 Å². The minimum atomic E-state index is -0.413. The third-order valence-electron chi connectivity index (χ3n) is 5.93. The third-order valence-corrected chi connectivity index (χ3v) is 5.93. The summed E-state index contributed by atoms with van der Waals surface area (Å²) in [6.45, 7) is 2.27. The molecule has 10 heteroatoms. The zero-order chi connectivity index (χ0) is 23.4. The summed E-state index contributed by atoms with van der Waals surface area (Å²) in [4.78, 5) is 33.4. The van der Waals surface area contributed by atoms with Crippen LogP contribution < -0.4 is 26.0 Å². The molecule has 10 nitrogen and oxygen atoms in total. The van der Waals surface area contributed by atoms with E-state index >= 15 is 0 Å². The lowest BCUT2D eigenvalue weighted by atomic mass is 10.1. The van der Waals surface area contributed by atoms with Gasteiger partial charge in [-0.3, -0.25) is 14.5 Å². The monoisotopic (exact) mass is 453 g/mol. The van der Waals surface area contributed by atoms with Crippen molar-refractivity contribution in [3.8, 4) is 5.75 Å². The van der Waals surface area contributed by atoms with Crippen LogP contribution in [0.15, 0.2) is 46.4 Å². The number of anilines is 1. The number of hydrogen-bond donors (Lipinski definition) is 4. The van der Waals surface area contributed by atoms with Gasteiger partial charge in [0.05, 0.1) is 31.1 Å². The molecule has 2 amide bonds. The van der Waals surface area contributed by atoms with E-state index in [0.29, 0.717) is 31.8 Å². The van der Waals surface area contributed by atoms with E-state index in [1.807, 2.05) is 37.2 Å². The molecule has 0 aliphatic carbocycles. The van der Waals surface area contributed by atoms with Crippen LogP contribution in [0.25, 0.3) is 0 Å². The van der Waals surface area contributed by atoms with Gasteiger partial charge < -0.3 is 30.9 Å². The van der Waals surface area contributed by atoms with E-state index < -0.39 is 6.17 Å². The molecule has 2 bridgehead atoms. The standard InChI is InChI=1S/C23H31N7O3/c1-29-12-15-10-16(6-7-18(15)33-3)25-11-17-20-21(26-14-27-22(20)28-23(17)32)24-8-4-5-9-30(2)19(31)13-29/h6-7,10-11,14,22,24-25H,4-5,8-9,12-13H2,1-3H3,(H,26,27)(H,28,32)/b17-11-. The summed E-state index contributed by atoms with van der Waals surface area (Å²) < 4.78 is 5.52. The molecule has 0 aromatic heterocycles. The molecule has 4 rings (SSSR count). The lowest BCUT2D eigenvalue weighted by Gasteiger charge is -2.23. The van der Waals surface area contributed by atoms with Crippen molar-refractivity contribution in [2.45, 2.75) is 25.6 Å². The fourth-order valence-corrected chi connectivity index (χ4v) is 4.13. The Balaban J connectivity index is 1.67. The Morgan fingerprint density at radius 1 is 1.12 bits per heavy atom. The van der Waals surface area contributed by atoms with E-state index in [9.17, 15) is 9.59 Å². The van der Waals surface area contributed by atoms with Gasteiger partial charge in [-0.25, -0.2) is 4.99 Å². The number of nitrogens with one attached hydrogen (secondary N) is 4. The highest BCUT2D eigenvalue weighted by molar-refractivity contribution is 6.03. The van der Waals surface area contributed by atoms with Gasteiger partial charge in [-0.05, 0) is 38.1 Å². The number of rotatable bonds is 1. The second-order valence-corrected chi connectivity index (χ2v) is 8.44. The van der Waals surface area contributed by atoms with Crippen molar-refractivity contribution in [3.63, 3.8) is 0 Å². The van der Waals surface area contributed by atoms with Crippen molar-refractivity contribution in [2.75, 3.05) is 46.2 Å². The van der Waals surface area contributed by atoms with Crippen LogP contribution in [0.5, 0.6) is 5.75 Å². The Labute approximate surface area is 193 Å². The molecular weight excluding hydrogens is 422 g/mol. The van der Waals surface area contributed by atoms with Crippen LogP contribution in [0.4, 0.5) is 5.69 Å². The summed E-state index contributed by atoms with van der Waals surface area (Å²) in [5.74, 6) is 1.42.